The highest BCUT2D eigenvalue weighted by Crippen LogP contribution is 2.38. The Morgan fingerprint density at radius 2 is 1.85 bits per heavy atom. The molecule has 2 aliphatic heterocycles. The first-order chi connectivity index (χ1) is 9.62. The summed E-state index contributed by atoms with van der Waals surface area (Å²) in [6.07, 6.45) is 1.01. The number of nitrogens with two attached hydrogens (primary N) is 1. The lowest BCUT2D eigenvalue weighted by Gasteiger charge is -2.25. The highest BCUT2D eigenvalue weighted by molar-refractivity contribution is 5.67. The van der Waals surface area contributed by atoms with Crippen molar-refractivity contribution in [2.75, 3.05) is 51.0 Å². The zero-order chi connectivity index (χ0) is 14.3. The smallest absolute Gasteiger partial charge is 0.143 e. The molecule has 20 heavy (non-hydrogen) atoms. The molecule has 2 atom stereocenters. The van der Waals surface area contributed by atoms with Crippen LogP contribution in [0.1, 0.15) is 12.5 Å². The van der Waals surface area contributed by atoms with Crippen LogP contribution in [0.5, 0.6) is 5.75 Å². The van der Waals surface area contributed by atoms with Crippen LogP contribution >= 0.6 is 0 Å². The first-order valence-electron chi connectivity index (χ1n) is 7.52. The maximum absolute atomic E-state index is 6.03. The van der Waals surface area contributed by atoms with Crippen LogP contribution in [0.15, 0.2) is 12.1 Å². The predicted molar refractivity (Wildman–Crippen MR) is 83.5 cm³/mol. The Morgan fingerprint density at radius 1 is 1.20 bits per heavy atom. The van der Waals surface area contributed by atoms with E-state index in [1.165, 1.54) is 24.3 Å². The molecule has 110 valence electrons. The number of nitrogens with zero attached hydrogens (tertiary/aromatic N) is 2. The van der Waals surface area contributed by atoms with Gasteiger partial charge in [0.1, 0.15) is 5.75 Å². The second kappa shape index (κ2) is 5.17. The molecule has 2 fully saturated rings. The molecule has 0 radical (unpaired) electrons. The van der Waals surface area contributed by atoms with E-state index < -0.39 is 0 Å². The van der Waals surface area contributed by atoms with E-state index in [4.69, 9.17) is 10.5 Å². The van der Waals surface area contributed by atoms with Gasteiger partial charge >= 0.3 is 0 Å². The molecule has 0 saturated carbocycles. The Bertz CT molecular complexity index is 489. The minimum absolute atomic E-state index is 0.743. The summed E-state index contributed by atoms with van der Waals surface area (Å²) in [6, 6.07) is 4.20. The monoisotopic (exact) mass is 275 g/mol. The molecule has 2 N–H and O–H groups in total. The third kappa shape index (κ3) is 2.22. The van der Waals surface area contributed by atoms with Crippen molar-refractivity contribution in [1.82, 2.24) is 4.90 Å². The highest BCUT2D eigenvalue weighted by atomic mass is 16.5. The molecule has 2 aliphatic rings. The van der Waals surface area contributed by atoms with Gasteiger partial charge in [0.05, 0.1) is 12.8 Å². The normalized spacial score (nSPS) is 26.1. The van der Waals surface area contributed by atoms with E-state index in [9.17, 15) is 0 Å². The van der Waals surface area contributed by atoms with Crippen LogP contribution < -0.4 is 15.4 Å². The van der Waals surface area contributed by atoms with Crippen LogP contribution in [0, 0.1) is 11.8 Å². The van der Waals surface area contributed by atoms with Gasteiger partial charge in [-0.25, -0.2) is 0 Å². The number of aryl methyl sites for hydroxylation is 1. The summed E-state index contributed by atoms with van der Waals surface area (Å²) in [7, 11) is 3.92. The Kier molecular flexibility index (Phi) is 3.50. The standard InChI is InChI=1S/C16H25N3O/c1-4-11-5-14(17)16(20-3)6-15(11)19-9-12-7-18(2)8-13(12)10-19/h5-6,12-13H,4,7-10,17H2,1-3H3/t12-,13+. The molecular formula is C16H25N3O. The molecule has 0 spiro atoms. The Hall–Kier alpha value is -1.42. The molecule has 1 aromatic carbocycles. The fraction of sp³-hybridized carbons (Fsp3) is 0.625. The van der Waals surface area contributed by atoms with Crippen molar-refractivity contribution >= 4 is 11.4 Å². The summed E-state index contributed by atoms with van der Waals surface area (Å²) in [6.45, 7) is 6.98. The zero-order valence-corrected chi connectivity index (χ0v) is 12.7. The second-order valence-corrected chi connectivity index (χ2v) is 6.22. The van der Waals surface area contributed by atoms with Gasteiger partial charge in [-0.1, -0.05) is 6.92 Å². The second-order valence-electron chi connectivity index (χ2n) is 6.22. The highest BCUT2D eigenvalue weighted by Gasteiger charge is 2.39. The summed E-state index contributed by atoms with van der Waals surface area (Å²) in [5.41, 5.74) is 9.42. The first-order valence-corrected chi connectivity index (χ1v) is 7.52. The number of nitrogen functional groups attached to an aromatic ring is 1. The van der Waals surface area contributed by atoms with Gasteiger partial charge in [-0.3, -0.25) is 0 Å². The molecule has 4 heteroatoms. The minimum Gasteiger partial charge on any atom is -0.495 e. The van der Waals surface area contributed by atoms with Crippen LogP contribution in [0.2, 0.25) is 0 Å². The van der Waals surface area contributed by atoms with Crippen LogP contribution in [-0.2, 0) is 6.42 Å². The van der Waals surface area contributed by atoms with E-state index in [0.29, 0.717) is 0 Å². The fourth-order valence-corrected chi connectivity index (χ4v) is 3.81. The van der Waals surface area contributed by atoms with Crippen LogP contribution in [-0.4, -0.2) is 45.2 Å². The number of hydrogen-bond donors (Lipinski definition) is 1. The van der Waals surface area contributed by atoms with Gasteiger partial charge in [0.25, 0.3) is 0 Å². The number of hydrogen-bond acceptors (Lipinski definition) is 4. The van der Waals surface area contributed by atoms with Gasteiger partial charge in [-0.15, -0.1) is 0 Å². The SMILES string of the molecule is CCc1cc(N)c(OC)cc1N1C[C@H]2CN(C)C[C@H]2C1. The molecule has 2 saturated heterocycles. The minimum atomic E-state index is 0.743. The summed E-state index contributed by atoms with van der Waals surface area (Å²) in [5, 5.41) is 0. The van der Waals surface area contributed by atoms with E-state index in [-0.39, 0.29) is 0 Å². The molecule has 1 aromatic rings. The van der Waals surface area contributed by atoms with Gasteiger partial charge in [-0.2, -0.15) is 0 Å². The molecule has 0 bridgehead atoms. The average molecular weight is 275 g/mol. The quantitative estimate of drug-likeness (QED) is 0.855. The number of benzene rings is 1. The number of likely N-dealkylation sites (tertiary alicyclic amines) is 1. The maximum Gasteiger partial charge on any atom is 0.143 e. The summed E-state index contributed by atoms with van der Waals surface area (Å²) < 4.78 is 5.40. The van der Waals surface area contributed by atoms with Crippen LogP contribution in [0.3, 0.4) is 0 Å². The van der Waals surface area contributed by atoms with Crippen molar-refractivity contribution in [2.45, 2.75) is 13.3 Å². The average Bonchev–Trinajstić information content (AvgIpc) is 2.95. The van der Waals surface area contributed by atoms with Gasteiger partial charge in [0, 0.05) is 37.9 Å². The summed E-state index contributed by atoms with van der Waals surface area (Å²) >= 11 is 0. The van der Waals surface area contributed by atoms with E-state index in [0.717, 1.165) is 42.8 Å². The Balaban J connectivity index is 1.87. The van der Waals surface area contributed by atoms with Crippen molar-refractivity contribution in [3.63, 3.8) is 0 Å². The van der Waals surface area contributed by atoms with Gasteiger partial charge < -0.3 is 20.3 Å². The van der Waals surface area contributed by atoms with E-state index in [2.05, 4.69) is 35.9 Å². The third-order valence-electron chi connectivity index (χ3n) is 4.82. The Morgan fingerprint density at radius 3 is 2.40 bits per heavy atom. The van der Waals surface area contributed by atoms with Crippen molar-refractivity contribution in [3.8, 4) is 5.75 Å². The molecule has 0 unspecified atom stereocenters. The lowest BCUT2D eigenvalue weighted by Crippen LogP contribution is -2.27. The Labute approximate surface area is 121 Å². The molecule has 4 nitrogen and oxygen atoms in total. The van der Waals surface area contributed by atoms with Crippen LogP contribution in [0.25, 0.3) is 0 Å². The van der Waals surface area contributed by atoms with Crippen molar-refractivity contribution in [1.29, 1.82) is 0 Å². The number of rotatable bonds is 3. The molecule has 0 aliphatic carbocycles. The number of methoxy groups -OCH3 is 1. The zero-order valence-electron chi connectivity index (χ0n) is 12.7. The fourth-order valence-electron chi connectivity index (χ4n) is 3.81. The summed E-state index contributed by atoms with van der Waals surface area (Å²) in [4.78, 5) is 4.99. The van der Waals surface area contributed by atoms with Crippen LogP contribution in [0.4, 0.5) is 11.4 Å². The van der Waals surface area contributed by atoms with E-state index in [1.54, 1.807) is 7.11 Å². The maximum atomic E-state index is 6.03. The largest absolute Gasteiger partial charge is 0.495 e. The topological polar surface area (TPSA) is 41.7 Å². The van der Waals surface area contributed by atoms with Gasteiger partial charge in [0.15, 0.2) is 0 Å². The van der Waals surface area contributed by atoms with Crippen molar-refractivity contribution < 1.29 is 4.74 Å². The molecule has 0 amide bonds. The molecule has 0 aromatic heterocycles. The number of fused-ring (bicyclic) bond motifs is 1. The number of ether oxygens (including phenoxy) is 1. The van der Waals surface area contributed by atoms with E-state index >= 15 is 0 Å². The van der Waals surface area contributed by atoms with Gasteiger partial charge in [0.2, 0.25) is 0 Å². The lowest BCUT2D eigenvalue weighted by atomic mass is 10.0. The number of anilines is 2. The van der Waals surface area contributed by atoms with Crippen molar-refractivity contribution in [2.24, 2.45) is 11.8 Å². The molecule has 2 heterocycles. The van der Waals surface area contributed by atoms with Crippen molar-refractivity contribution in [3.05, 3.63) is 17.7 Å². The summed E-state index contributed by atoms with van der Waals surface area (Å²) in [5.74, 6) is 2.42. The third-order valence-corrected chi connectivity index (χ3v) is 4.82. The van der Waals surface area contributed by atoms with Gasteiger partial charge in [-0.05, 0) is 36.9 Å². The lowest BCUT2D eigenvalue weighted by molar-refractivity contribution is 0.387. The molecule has 3 rings (SSSR count). The molecular weight excluding hydrogens is 250 g/mol. The van der Waals surface area contributed by atoms with E-state index in [1.807, 2.05) is 0 Å². The first kappa shape index (κ1) is 13.6. The predicted octanol–water partition coefficient (Wildman–Crippen LogP) is 1.84.